The lowest BCUT2D eigenvalue weighted by atomic mass is 10.1. The van der Waals surface area contributed by atoms with Crippen molar-refractivity contribution in [2.75, 3.05) is 33.4 Å². The Kier molecular flexibility index (Phi) is 11.6. The van der Waals surface area contributed by atoms with Crippen molar-refractivity contribution < 1.29 is 9.47 Å². The van der Waals surface area contributed by atoms with Crippen LogP contribution in [0.1, 0.15) is 49.7 Å². The van der Waals surface area contributed by atoms with Crippen LogP contribution in [0, 0.1) is 0 Å². The average molecular weight is 405 g/mol. The van der Waals surface area contributed by atoms with E-state index < -0.39 is 0 Å². The second-order valence-corrected chi connectivity index (χ2v) is 7.10. The van der Waals surface area contributed by atoms with Crippen molar-refractivity contribution in [1.82, 2.24) is 10.2 Å². The first-order chi connectivity index (χ1) is 11.8. The van der Waals surface area contributed by atoms with E-state index in [2.05, 4.69) is 28.4 Å². The van der Waals surface area contributed by atoms with Gasteiger partial charge in [0.1, 0.15) is 5.75 Å². The maximum absolute atomic E-state index is 5.57. The summed E-state index contributed by atoms with van der Waals surface area (Å²) in [5, 5.41) is 3.77. The maximum atomic E-state index is 5.57. The van der Waals surface area contributed by atoms with Crippen LogP contribution in [0.25, 0.3) is 0 Å². The molecule has 1 heterocycles. The second-order valence-electron chi connectivity index (χ2n) is 7.10. The summed E-state index contributed by atoms with van der Waals surface area (Å²) in [7, 11) is 1.77. The number of rotatable bonds is 6. The number of ether oxygens (including phenoxy) is 2. The number of halogens is 2. The van der Waals surface area contributed by atoms with Crippen molar-refractivity contribution in [3.05, 3.63) is 29.3 Å². The predicted molar refractivity (Wildman–Crippen MR) is 112 cm³/mol. The molecular formula is C20H34Cl2N2O2. The van der Waals surface area contributed by atoms with Crippen LogP contribution in [-0.2, 0) is 17.8 Å². The Morgan fingerprint density at radius 2 is 1.77 bits per heavy atom. The third-order valence-corrected chi connectivity index (χ3v) is 5.29. The molecule has 1 saturated heterocycles. The van der Waals surface area contributed by atoms with Crippen molar-refractivity contribution in [2.24, 2.45) is 0 Å². The first kappa shape index (κ1) is 23.5. The smallest absolute Gasteiger partial charge is 0.123 e. The maximum Gasteiger partial charge on any atom is 0.123 e. The van der Waals surface area contributed by atoms with E-state index in [1.807, 2.05) is 0 Å². The van der Waals surface area contributed by atoms with Crippen LogP contribution >= 0.6 is 24.8 Å². The Labute approximate surface area is 170 Å². The molecule has 2 fully saturated rings. The molecule has 0 radical (unpaired) electrons. The molecule has 0 unspecified atom stereocenters. The molecular weight excluding hydrogens is 371 g/mol. The molecule has 1 aromatic carbocycles. The number of hydrogen-bond acceptors (Lipinski definition) is 4. The Morgan fingerprint density at radius 3 is 2.42 bits per heavy atom. The van der Waals surface area contributed by atoms with Gasteiger partial charge in [-0.15, -0.1) is 24.8 Å². The van der Waals surface area contributed by atoms with Gasteiger partial charge < -0.3 is 14.8 Å². The van der Waals surface area contributed by atoms with E-state index in [0.717, 1.165) is 45.1 Å². The van der Waals surface area contributed by atoms with E-state index >= 15 is 0 Å². The van der Waals surface area contributed by atoms with E-state index in [1.54, 1.807) is 7.11 Å². The molecule has 0 aromatic heterocycles. The van der Waals surface area contributed by atoms with E-state index in [0.29, 0.717) is 6.04 Å². The van der Waals surface area contributed by atoms with Gasteiger partial charge in [-0.2, -0.15) is 0 Å². The van der Waals surface area contributed by atoms with E-state index in [1.165, 1.54) is 49.7 Å². The molecule has 0 atom stereocenters. The van der Waals surface area contributed by atoms with Gasteiger partial charge in [-0.25, -0.2) is 0 Å². The standard InChI is InChI=1S/C20H32N2O2.2ClH/c1-23-20-9-8-17(15-21-19-6-4-2-3-5-7-19)14-18(20)16-22-10-12-24-13-11-22;;/h8-9,14,19,21H,2-7,10-13,15-16H2,1H3;2*1H. The molecule has 6 heteroatoms. The highest BCUT2D eigenvalue weighted by atomic mass is 35.5. The van der Waals surface area contributed by atoms with Crippen molar-refractivity contribution in [3.8, 4) is 5.75 Å². The molecule has 1 aliphatic heterocycles. The van der Waals surface area contributed by atoms with Crippen molar-refractivity contribution in [2.45, 2.75) is 57.7 Å². The number of nitrogens with zero attached hydrogens (tertiary/aromatic N) is 1. The van der Waals surface area contributed by atoms with Gasteiger partial charge in [-0.05, 0) is 30.5 Å². The highest BCUT2D eigenvalue weighted by molar-refractivity contribution is 5.85. The molecule has 3 rings (SSSR count). The summed E-state index contributed by atoms with van der Waals surface area (Å²) in [4.78, 5) is 2.45. The quantitative estimate of drug-likeness (QED) is 0.720. The third-order valence-electron chi connectivity index (χ3n) is 5.29. The summed E-state index contributed by atoms with van der Waals surface area (Å²) in [5.74, 6) is 1.000. The number of nitrogens with one attached hydrogen (secondary N) is 1. The van der Waals surface area contributed by atoms with Crippen LogP contribution in [0.5, 0.6) is 5.75 Å². The minimum atomic E-state index is 0. The van der Waals surface area contributed by atoms with Crippen molar-refractivity contribution in [3.63, 3.8) is 0 Å². The summed E-state index contributed by atoms with van der Waals surface area (Å²) < 4.78 is 11.0. The van der Waals surface area contributed by atoms with Gasteiger partial charge in [0.25, 0.3) is 0 Å². The number of hydrogen-bond donors (Lipinski definition) is 1. The Morgan fingerprint density at radius 1 is 1.08 bits per heavy atom. The molecule has 1 saturated carbocycles. The summed E-state index contributed by atoms with van der Waals surface area (Å²) in [6, 6.07) is 7.33. The molecule has 0 spiro atoms. The number of benzene rings is 1. The minimum absolute atomic E-state index is 0. The van der Waals surface area contributed by atoms with Gasteiger partial charge in [0.2, 0.25) is 0 Å². The Balaban J connectivity index is 0.00000169. The normalized spacial score (nSPS) is 19.1. The van der Waals surface area contributed by atoms with E-state index in [9.17, 15) is 0 Å². The molecule has 0 bridgehead atoms. The fraction of sp³-hybridized carbons (Fsp3) is 0.700. The van der Waals surface area contributed by atoms with Crippen LogP contribution < -0.4 is 10.1 Å². The number of morpholine rings is 1. The number of methoxy groups -OCH3 is 1. The molecule has 4 nitrogen and oxygen atoms in total. The van der Waals surface area contributed by atoms with Crippen molar-refractivity contribution in [1.29, 1.82) is 0 Å². The van der Waals surface area contributed by atoms with Crippen LogP contribution in [0.4, 0.5) is 0 Å². The lowest BCUT2D eigenvalue weighted by Crippen LogP contribution is -2.35. The fourth-order valence-corrected chi connectivity index (χ4v) is 3.81. The highest BCUT2D eigenvalue weighted by Crippen LogP contribution is 2.23. The largest absolute Gasteiger partial charge is 0.496 e. The van der Waals surface area contributed by atoms with Gasteiger partial charge in [-0.3, -0.25) is 4.90 Å². The topological polar surface area (TPSA) is 33.7 Å². The lowest BCUT2D eigenvalue weighted by molar-refractivity contribution is 0.0339. The zero-order valence-electron chi connectivity index (χ0n) is 15.9. The van der Waals surface area contributed by atoms with Gasteiger partial charge in [0.15, 0.2) is 0 Å². The van der Waals surface area contributed by atoms with Gasteiger partial charge >= 0.3 is 0 Å². The summed E-state index contributed by atoms with van der Waals surface area (Å²) in [5.41, 5.74) is 2.66. The average Bonchev–Trinajstić information content (AvgIpc) is 2.90. The zero-order valence-corrected chi connectivity index (χ0v) is 17.5. The highest BCUT2D eigenvalue weighted by Gasteiger charge is 2.15. The molecule has 0 amide bonds. The zero-order chi connectivity index (χ0) is 16.6. The van der Waals surface area contributed by atoms with E-state index in [-0.39, 0.29) is 24.8 Å². The SMILES string of the molecule is COc1ccc(CNC2CCCCCC2)cc1CN1CCOCC1.Cl.Cl. The fourth-order valence-electron chi connectivity index (χ4n) is 3.81. The van der Waals surface area contributed by atoms with Gasteiger partial charge in [0, 0.05) is 37.8 Å². The monoisotopic (exact) mass is 404 g/mol. The first-order valence-corrected chi connectivity index (χ1v) is 9.54. The molecule has 1 aromatic rings. The predicted octanol–water partition coefficient (Wildman–Crippen LogP) is 4.18. The van der Waals surface area contributed by atoms with Crippen molar-refractivity contribution >= 4 is 24.8 Å². The first-order valence-electron chi connectivity index (χ1n) is 9.54. The minimum Gasteiger partial charge on any atom is -0.496 e. The molecule has 26 heavy (non-hydrogen) atoms. The van der Waals surface area contributed by atoms with E-state index in [4.69, 9.17) is 9.47 Å². The molecule has 150 valence electrons. The van der Waals surface area contributed by atoms with Crippen LogP contribution in [0.3, 0.4) is 0 Å². The summed E-state index contributed by atoms with van der Waals surface area (Å²) in [6.45, 7) is 5.60. The van der Waals surface area contributed by atoms with Crippen LogP contribution in [-0.4, -0.2) is 44.4 Å². The lowest BCUT2D eigenvalue weighted by Gasteiger charge is -2.27. The molecule has 1 N–H and O–H groups in total. The van der Waals surface area contributed by atoms with Crippen LogP contribution in [0.2, 0.25) is 0 Å². The second kappa shape index (κ2) is 12.8. The van der Waals surface area contributed by atoms with Gasteiger partial charge in [-0.1, -0.05) is 31.7 Å². The Bertz CT molecular complexity index is 503. The molecule has 1 aliphatic carbocycles. The summed E-state index contributed by atoms with van der Waals surface area (Å²) in [6.07, 6.45) is 8.23. The van der Waals surface area contributed by atoms with Gasteiger partial charge in [0.05, 0.1) is 20.3 Å². The summed E-state index contributed by atoms with van der Waals surface area (Å²) >= 11 is 0. The Hall–Kier alpha value is -0.520. The third kappa shape index (κ3) is 7.24. The van der Waals surface area contributed by atoms with Crippen LogP contribution in [0.15, 0.2) is 18.2 Å². The molecule has 2 aliphatic rings.